The Labute approximate surface area is 186 Å². The summed E-state index contributed by atoms with van der Waals surface area (Å²) < 4.78 is 13.9. The number of aromatic nitrogens is 3. The summed E-state index contributed by atoms with van der Waals surface area (Å²) in [5.41, 5.74) is 2.31. The lowest BCUT2D eigenvalue weighted by Gasteiger charge is -2.26. The minimum Gasteiger partial charge on any atom is -0.476 e. The van der Waals surface area contributed by atoms with Gasteiger partial charge in [-0.15, -0.1) is 0 Å². The van der Waals surface area contributed by atoms with Crippen LogP contribution in [-0.2, 0) is 16.1 Å². The van der Waals surface area contributed by atoms with E-state index in [9.17, 15) is 9.59 Å². The first kappa shape index (κ1) is 22.8. The van der Waals surface area contributed by atoms with E-state index < -0.39 is 11.6 Å². The number of aryl methyl sites for hydroxylation is 2. The lowest BCUT2D eigenvalue weighted by Crippen LogP contribution is -2.40. The van der Waals surface area contributed by atoms with Crippen molar-refractivity contribution < 1.29 is 14.3 Å². The van der Waals surface area contributed by atoms with E-state index in [0.717, 1.165) is 16.7 Å². The van der Waals surface area contributed by atoms with Gasteiger partial charge in [0.25, 0.3) is 0 Å². The van der Waals surface area contributed by atoms with Crippen LogP contribution in [0.25, 0.3) is 5.69 Å². The average Bonchev–Trinajstić information content (AvgIpc) is 3.11. The number of hydrogen-bond acceptors (Lipinski definition) is 6. The third-order valence-electron chi connectivity index (χ3n) is 4.97. The van der Waals surface area contributed by atoms with E-state index in [2.05, 4.69) is 11.2 Å². The van der Waals surface area contributed by atoms with Crippen molar-refractivity contribution >= 4 is 5.97 Å². The molecular formula is C24H26N4O4. The Balaban J connectivity index is 1.83. The van der Waals surface area contributed by atoms with E-state index in [1.807, 2.05) is 26.0 Å². The van der Waals surface area contributed by atoms with Gasteiger partial charge >= 0.3 is 11.7 Å². The van der Waals surface area contributed by atoms with Gasteiger partial charge in [0.1, 0.15) is 12.1 Å². The first-order valence-electron chi connectivity index (χ1n) is 10.3. The summed E-state index contributed by atoms with van der Waals surface area (Å²) in [6.07, 6.45) is 1.49. The lowest BCUT2D eigenvalue weighted by molar-refractivity contribution is -0.158. The molecule has 0 N–H and O–H groups in total. The Kier molecular flexibility index (Phi) is 6.49. The number of ether oxygens (including phenoxy) is 2. The standard InChI is InChI=1S/C24H26N4O4/c1-6-31-22(29)24(4,5)32-21-16(2)11-19(12-17(21)3)14-27-15-26-28(23(27)30)20-9-7-18(13-25)8-10-20/h7-12,15H,6,14H2,1-5H3. The molecule has 32 heavy (non-hydrogen) atoms. The zero-order valence-corrected chi connectivity index (χ0v) is 18.9. The van der Waals surface area contributed by atoms with Gasteiger partial charge in [-0.2, -0.15) is 15.0 Å². The van der Waals surface area contributed by atoms with Gasteiger partial charge in [-0.25, -0.2) is 9.59 Å². The van der Waals surface area contributed by atoms with E-state index in [0.29, 0.717) is 23.5 Å². The van der Waals surface area contributed by atoms with Gasteiger partial charge < -0.3 is 9.47 Å². The molecule has 1 heterocycles. The van der Waals surface area contributed by atoms with Gasteiger partial charge in [-0.05, 0) is 75.6 Å². The molecule has 0 radical (unpaired) electrons. The Bertz CT molecular complexity index is 1210. The molecule has 0 aliphatic rings. The van der Waals surface area contributed by atoms with Crippen LogP contribution < -0.4 is 10.4 Å². The van der Waals surface area contributed by atoms with Gasteiger partial charge in [0, 0.05) is 0 Å². The van der Waals surface area contributed by atoms with Crippen molar-refractivity contribution in [3.8, 4) is 17.5 Å². The van der Waals surface area contributed by atoms with Crippen LogP contribution in [0.2, 0.25) is 0 Å². The minimum atomic E-state index is -1.12. The Morgan fingerprint density at radius 2 is 1.78 bits per heavy atom. The molecule has 0 saturated carbocycles. The zero-order chi connectivity index (χ0) is 23.5. The molecular weight excluding hydrogens is 408 g/mol. The lowest BCUT2D eigenvalue weighted by atomic mass is 10.0. The van der Waals surface area contributed by atoms with Crippen molar-refractivity contribution in [3.05, 3.63) is 75.5 Å². The number of esters is 1. The number of carbonyl (C=O) groups excluding carboxylic acids is 1. The Morgan fingerprint density at radius 1 is 1.16 bits per heavy atom. The van der Waals surface area contributed by atoms with E-state index in [4.69, 9.17) is 14.7 Å². The van der Waals surface area contributed by atoms with Crippen LogP contribution in [0, 0.1) is 25.2 Å². The number of hydrogen-bond donors (Lipinski definition) is 0. The van der Waals surface area contributed by atoms with Crippen LogP contribution in [0.4, 0.5) is 0 Å². The number of nitriles is 1. The molecule has 3 aromatic rings. The first-order chi connectivity index (χ1) is 15.2. The smallest absolute Gasteiger partial charge is 0.350 e. The maximum absolute atomic E-state index is 12.8. The monoisotopic (exact) mass is 434 g/mol. The van der Waals surface area contributed by atoms with Gasteiger partial charge in [-0.3, -0.25) is 4.57 Å². The molecule has 0 unspecified atom stereocenters. The van der Waals surface area contributed by atoms with Crippen LogP contribution in [0.1, 0.15) is 43.0 Å². The second-order valence-electron chi connectivity index (χ2n) is 8.00. The van der Waals surface area contributed by atoms with Crippen molar-refractivity contribution in [2.24, 2.45) is 0 Å². The molecule has 0 aliphatic heterocycles. The second kappa shape index (κ2) is 9.10. The second-order valence-corrected chi connectivity index (χ2v) is 8.00. The molecule has 8 nitrogen and oxygen atoms in total. The molecule has 3 rings (SSSR count). The summed E-state index contributed by atoms with van der Waals surface area (Å²) >= 11 is 0. The van der Waals surface area contributed by atoms with Crippen molar-refractivity contribution in [1.82, 2.24) is 14.3 Å². The van der Waals surface area contributed by atoms with E-state index in [1.165, 1.54) is 15.6 Å². The first-order valence-corrected chi connectivity index (χ1v) is 10.3. The van der Waals surface area contributed by atoms with Crippen LogP contribution >= 0.6 is 0 Å². The maximum atomic E-state index is 12.8. The number of nitrogens with zero attached hydrogens (tertiary/aromatic N) is 4. The Morgan fingerprint density at radius 3 is 2.34 bits per heavy atom. The van der Waals surface area contributed by atoms with Crippen LogP contribution in [0.15, 0.2) is 47.5 Å². The highest BCUT2D eigenvalue weighted by Gasteiger charge is 2.32. The third-order valence-corrected chi connectivity index (χ3v) is 4.97. The molecule has 0 fully saturated rings. The summed E-state index contributed by atoms with van der Waals surface area (Å²) in [5.74, 6) is 0.192. The van der Waals surface area contributed by atoms with E-state index >= 15 is 0 Å². The normalized spacial score (nSPS) is 11.1. The predicted molar refractivity (Wildman–Crippen MR) is 119 cm³/mol. The molecule has 8 heteroatoms. The van der Waals surface area contributed by atoms with Crippen molar-refractivity contribution in [3.63, 3.8) is 0 Å². The molecule has 0 saturated heterocycles. The fraction of sp³-hybridized carbons (Fsp3) is 0.333. The summed E-state index contributed by atoms with van der Waals surface area (Å²) in [6, 6.07) is 12.6. The molecule has 0 amide bonds. The highest BCUT2D eigenvalue weighted by molar-refractivity contribution is 5.79. The van der Waals surface area contributed by atoms with Crippen LogP contribution in [-0.4, -0.2) is 32.5 Å². The molecule has 166 valence electrons. The SMILES string of the molecule is CCOC(=O)C(C)(C)Oc1c(C)cc(Cn2cnn(-c3ccc(C#N)cc3)c2=O)cc1C. The van der Waals surface area contributed by atoms with Crippen molar-refractivity contribution in [2.75, 3.05) is 6.61 Å². The van der Waals surface area contributed by atoms with Gasteiger partial charge in [0.2, 0.25) is 0 Å². The quantitative estimate of drug-likeness (QED) is 0.529. The number of carbonyl (C=O) groups is 1. The Hall–Kier alpha value is -3.86. The largest absolute Gasteiger partial charge is 0.476 e. The van der Waals surface area contributed by atoms with Crippen LogP contribution in [0.3, 0.4) is 0 Å². The third kappa shape index (κ3) is 4.72. The molecule has 0 spiro atoms. The van der Waals surface area contributed by atoms with Crippen molar-refractivity contribution in [1.29, 1.82) is 5.26 Å². The van der Waals surface area contributed by atoms with Gasteiger partial charge in [0.15, 0.2) is 5.60 Å². The average molecular weight is 434 g/mol. The molecule has 0 aliphatic carbocycles. The molecule has 0 bridgehead atoms. The van der Waals surface area contributed by atoms with Crippen LogP contribution in [0.5, 0.6) is 5.75 Å². The number of rotatable bonds is 7. The van der Waals surface area contributed by atoms with E-state index in [1.54, 1.807) is 45.0 Å². The highest BCUT2D eigenvalue weighted by atomic mass is 16.6. The summed E-state index contributed by atoms with van der Waals surface area (Å²) in [5, 5.41) is 13.1. The van der Waals surface area contributed by atoms with Gasteiger partial charge in [0.05, 0.1) is 30.5 Å². The fourth-order valence-electron chi connectivity index (χ4n) is 3.39. The molecule has 0 atom stereocenters. The van der Waals surface area contributed by atoms with Gasteiger partial charge in [-0.1, -0.05) is 12.1 Å². The molecule has 1 aromatic heterocycles. The minimum absolute atomic E-state index is 0.284. The maximum Gasteiger partial charge on any atom is 0.350 e. The van der Waals surface area contributed by atoms with Crippen molar-refractivity contribution in [2.45, 2.75) is 46.8 Å². The zero-order valence-electron chi connectivity index (χ0n) is 18.9. The summed E-state index contributed by atoms with van der Waals surface area (Å²) in [7, 11) is 0. The summed E-state index contributed by atoms with van der Waals surface area (Å²) in [6.45, 7) is 9.52. The van der Waals surface area contributed by atoms with E-state index in [-0.39, 0.29) is 12.3 Å². The predicted octanol–water partition coefficient (Wildman–Crippen LogP) is 3.29. The fourth-order valence-corrected chi connectivity index (χ4v) is 3.39. The summed E-state index contributed by atoms with van der Waals surface area (Å²) in [4.78, 5) is 25.0. The topological polar surface area (TPSA) is 99.1 Å². The molecule has 2 aromatic carbocycles. The number of benzene rings is 2. The highest BCUT2D eigenvalue weighted by Crippen LogP contribution is 2.29.